The number of carbonyl (C=O) groups is 2. The van der Waals surface area contributed by atoms with E-state index in [0.717, 1.165) is 0 Å². The van der Waals surface area contributed by atoms with Crippen molar-refractivity contribution in [1.29, 1.82) is 0 Å². The largest absolute Gasteiger partial charge is 0.271 e. The lowest BCUT2D eigenvalue weighted by Crippen LogP contribution is -2.41. The first-order chi connectivity index (χ1) is 14.1. The predicted octanol–water partition coefficient (Wildman–Crippen LogP) is 3.42. The number of hydrogen-bond donors (Lipinski definition) is 2. The van der Waals surface area contributed by atoms with Gasteiger partial charge in [-0.25, -0.2) is 9.97 Å². The predicted molar refractivity (Wildman–Crippen MR) is 109 cm³/mol. The molecule has 0 unspecified atom stereocenters. The van der Waals surface area contributed by atoms with Crippen LogP contribution in [0.1, 0.15) is 20.7 Å². The number of halogens is 1. The number of pyridine rings is 3. The molecule has 0 spiro atoms. The minimum atomic E-state index is -0.508. The van der Waals surface area contributed by atoms with Crippen molar-refractivity contribution in [3.63, 3.8) is 0 Å². The molecule has 29 heavy (non-hydrogen) atoms. The van der Waals surface area contributed by atoms with Crippen LogP contribution in [0, 0.1) is 0 Å². The fraction of sp³-hybridized carbons (Fsp3) is 0. The molecule has 0 aliphatic heterocycles. The molecular formula is C21H14ClN5O2. The average molecular weight is 404 g/mol. The van der Waals surface area contributed by atoms with Gasteiger partial charge in [0.15, 0.2) is 0 Å². The zero-order chi connectivity index (χ0) is 20.2. The van der Waals surface area contributed by atoms with Gasteiger partial charge in [-0.1, -0.05) is 35.9 Å². The van der Waals surface area contributed by atoms with Gasteiger partial charge in [0.05, 0.1) is 28.0 Å². The first-order valence-corrected chi connectivity index (χ1v) is 9.03. The number of rotatable bonds is 3. The van der Waals surface area contributed by atoms with Crippen LogP contribution in [0.3, 0.4) is 0 Å². The van der Waals surface area contributed by atoms with Gasteiger partial charge in [-0.2, -0.15) is 0 Å². The molecule has 0 fully saturated rings. The van der Waals surface area contributed by atoms with E-state index in [4.69, 9.17) is 11.6 Å². The van der Waals surface area contributed by atoms with E-state index >= 15 is 0 Å². The molecule has 0 aliphatic carbocycles. The normalized spacial score (nSPS) is 10.5. The highest BCUT2D eigenvalue weighted by molar-refractivity contribution is 6.29. The Morgan fingerprint density at radius 2 is 1.62 bits per heavy atom. The SMILES string of the molecule is O=C(NNC(=O)c1cc(-c2ccccn2)nc2ccccc12)c1ccc(Cl)nc1. The minimum Gasteiger partial charge on any atom is -0.267 e. The maximum absolute atomic E-state index is 12.8. The standard InChI is InChI=1S/C21H14ClN5O2/c22-19-9-8-13(12-24-19)20(28)26-27-21(29)15-11-18(17-7-3-4-10-23-17)25-16-6-2-1-5-14(15)16/h1-12H,(H,26,28)(H,27,29). The molecule has 4 aromatic rings. The number of nitrogens with one attached hydrogen (secondary N) is 2. The summed E-state index contributed by atoms with van der Waals surface area (Å²) in [6.45, 7) is 0. The highest BCUT2D eigenvalue weighted by atomic mass is 35.5. The van der Waals surface area contributed by atoms with Gasteiger partial charge in [-0.3, -0.25) is 25.4 Å². The Labute approximate surface area is 170 Å². The molecule has 142 valence electrons. The van der Waals surface area contributed by atoms with Gasteiger partial charge in [0.25, 0.3) is 11.8 Å². The van der Waals surface area contributed by atoms with E-state index in [1.54, 1.807) is 24.4 Å². The summed E-state index contributed by atoms with van der Waals surface area (Å²) < 4.78 is 0. The Morgan fingerprint density at radius 3 is 2.38 bits per heavy atom. The van der Waals surface area contributed by atoms with E-state index in [1.807, 2.05) is 30.3 Å². The van der Waals surface area contributed by atoms with Gasteiger partial charge in [0.1, 0.15) is 5.15 Å². The lowest BCUT2D eigenvalue weighted by molar-refractivity contribution is 0.0847. The number of carbonyl (C=O) groups excluding carboxylic acids is 2. The fourth-order valence-corrected chi connectivity index (χ4v) is 2.88. The number of para-hydroxylation sites is 1. The highest BCUT2D eigenvalue weighted by Crippen LogP contribution is 2.23. The van der Waals surface area contributed by atoms with Crippen molar-refractivity contribution in [2.45, 2.75) is 0 Å². The number of benzene rings is 1. The molecule has 0 saturated carbocycles. The van der Waals surface area contributed by atoms with Crippen molar-refractivity contribution < 1.29 is 9.59 Å². The quantitative estimate of drug-likeness (QED) is 0.403. The topological polar surface area (TPSA) is 96.9 Å². The minimum absolute atomic E-state index is 0.267. The third-order valence-corrected chi connectivity index (χ3v) is 4.39. The zero-order valence-electron chi connectivity index (χ0n) is 15.0. The van der Waals surface area contributed by atoms with Gasteiger partial charge in [-0.05, 0) is 36.4 Å². The van der Waals surface area contributed by atoms with Crippen LogP contribution in [0.15, 0.2) is 73.1 Å². The lowest BCUT2D eigenvalue weighted by Gasteiger charge is -2.11. The summed E-state index contributed by atoms with van der Waals surface area (Å²) in [6, 6.07) is 17.4. The Hall–Kier alpha value is -3.84. The van der Waals surface area contributed by atoms with Crippen LogP contribution in [0.2, 0.25) is 5.15 Å². The lowest BCUT2D eigenvalue weighted by atomic mass is 10.1. The Balaban J connectivity index is 1.62. The maximum atomic E-state index is 12.8. The zero-order valence-corrected chi connectivity index (χ0v) is 15.7. The second-order valence-corrected chi connectivity index (χ2v) is 6.45. The van der Waals surface area contributed by atoms with Crippen molar-refractivity contribution in [2.24, 2.45) is 0 Å². The molecule has 0 radical (unpaired) electrons. The molecule has 2 N–H and O–H groups in total. The van der Waals surface area contributed by atoms with Crippen LogP contribution < -0.4 is 10.9 Å². The molecular weight excluding hydrogens is 390 g/mol. The van der Waals surface area contributed by atoms with E-state index in [9.17, 15) is 9.59 Å². The molecule has 2 amide bonds. The molecule has 0 saturated heterocycles. The van der Waals surface area contributed by atoms with Crippen LogP contribution in [-0.2, 0) is 0 Å². The summed E-state index contributed by atoms with van der Waals surface area (Å²) in [6.07, 6.45) is 2.98. The molecule has 4 rings (SSSR count). The van der Waals surface area contributed by atoms with Crippen LogP contribution in [0.5, 0.6) is 0 Å². The van der Waals surface area contributed by atoms with E-state index in [2.05, 4.69) is 25.8 Å². The Morgan fingerprint density at radius 1 is 0.828 bits per heavy atom. The van der Waals surface area contributed by atoms with E-state index in [1.165, 1.54) is 18.3 Å². The number of aromatic nitrogens is 3. The van der Waals surface area contributed by atoms with Crippen molar-refractivity contribution in [2.75, 3.05) is 0 Å². The maximum Gasteiger partial charge on any atom is 0.271 e. The molecule has 7 nitrogen and oxygen atoms in total. The third-order valence-electron chi connectivity index (χ3n) is 4.17. The van der Waals surface area contributed by atoms with Crippen molar-refractivity contribution >= 4 is 34.3 Å². The molecule has 0 aliphatic rings. The van der Waals surface area contributed by atoms with Gasteiger partial charge in [0, 0.05) is 17.8 Å². The summed E-state index contributed by atoms with van der Waals surface area (Å²) in [5.41, 5.74) is 7.30. The number of fused-ring (bicyclic) bond motifs is 1. The fourth-order valence-electron chi connectivity index (χ4n) is 2.77. The van der Waals surface area contributed by atoms with Crippen LogP contribution in [0.4, 0.5) is 0 Å². The summed E-state index contributed by atoms with van der Waals surface area (Å²) in [7, 11) is 0. The summed E-state index contributed by atoms with van der Waals surface area (Å²) in [5, 5.41) is 0.933. The van der Waals surface area contributed by atoms with Gasteiger partial charge in [0.2, 0.25) is 0 Å². The average Bonchev–Trinajstić information content (AvgIpc) is 2.77. The van der Waals surface area contributed by atoms with Crippen molar-refractivity contribution in [3.05, 3.63) is 89.3 Å². The number of hydrazine groups is 1. The number of amides is 2. The summed E-state index contributed by atoms with van der Waals surface area (Å²) in [5.74, 6) is -0.984. The van der Waals surface area contributed by atoms with Crippen molar-refractivity contribution in [3.8, 4) is 11.4 Å². The first kappa shape index (κ1) is 18.5. The molecule has 3 heterocycles. The molecule has 3 aromatic heterocycles. The molecule has 1 aromatic carbocycles. The van der Waals surface area contributed by atoms with Gasteiger partial charge >= 0.3 is 0 Å². The van der Waals surface area contributed by atoms with E-state index in [0.29, 0.717) is 27.9 Å². The summed E-state index contributed by atoms with van der Waals surface area (Å²) in [4.78, 5) is 37.8. The van der Waals surface area contributed by atoms with Crippen molar-refractivity contribution in [1.82, 2.24) is 25.8 Å². The second kappa shape index (κ2) is 8.04. The smallest absolute Gasteiger partial charge is 0.267 e. The van der Waals surface area contributed by atoms with Crippen LogP contribution in [0.25, 0.3) is 22.3 Å². The Bertz CT molecular complexity index is 1200. The Kier molecular flexibility index (Phi) is 5.13. The first-order valence-electron chi connectivity index (χ1n) is 8.65. The molecule has 0 bridgehead atoms. The second-order valence-electron chi connectivity index (χ2n) is 6.07. The van der Waals surface area contributed by atoms with Gasteiger partial charge in [-0.15, -0.1) is 0 Å². The number of nitrogens with zero attached hydrogens (tertiary/aromatic N) is 3. The van der Waals surface area contributed by atoms with E-state index < -0.39 is 11.8 Å². The van der Waals surface area contributed by atoms with E-state index in [-0.39, 0.29) is 10.7 Å². The highest BCUT2D eigenvalue weighted by Gasteiger charge is 2.15. The van der Waals surface area contributed by atoms with Crippen LogP contribution in [-0.4, -0.2) is 26.8 Å². The third kappa shape index (κ3) is 4.04. The van der Waals surface area contributed by atoms with Crippen LogP contribution >= 0.6 is 11.6 Å². The number of hydrogen-bond acceptors (Lipinski definition) is 5. The molecule has 8 heteroatoms. The summed E-state index contributed by atoms with van der Waals surface area (Å²) >= 11 is 5.72. The monoisotopic (exact) mass is 403 g/mol. The van der Waals surface area contributed by atoms with Gasteiger partial charge < -0.3 is 0 Å². The molecule has 0 atom stereocenters.